The lowest BCUT2D eigenvalue weighted by molar-refractivity contribution is -0.961. The molecule has 1 N–H and O–H groups in total. The first-order valence-electron chi connectivity index (χ1n) is 15.7. The predicted molar refractivity (Wildman–Crippen MR) is 170 cm³/mol. The van der Waals surface area contributed by atoms with Crippen LogP contribution in [-0.2, 0) is 29.3 Å². The Hall–Kier alpha value is -3.65. The van der Waals surface area contributed by atoms with Gasteiger partial charge in [-0.2, -0.15) is 0 Å². The summed E-state index contributed by atoms with van der Waals surface area (Å²) in [6, 6.07) is 36.9. The normalized spacial score (nSPS) is 22.6. The maximum absolute atomic E-state index is 13.1. The molecule has 2 aliphatic rings. The molecular weight excluding hydrogens is 630 g/mol. The van der Waals surface area contributed by atoms with Gasteiger partial charge in [-0.3, -0.25) is 4.79 Å². The van der Waals surface area contributed by atoms with Gasteiger partial charge in [0.25, 0.3) is 0 Å². The number of carbonyl (C=O) groups is 1. The first kappa shape index (κ1) is 32.7. The lowest BCUT2D eigenvalue weighted by atomic mass is 9.94. The van der Waals surface area contributed by atoms with E-state index in [-0.39, 0.29) is 35.7 Å². The molecule has 0 spiro atoms. The first-order chi connectivity index (χ1) is 21.5. The van der Waals surface area contributed by atoms with Crippen LogP contribution in [0.1, 0.15) is 53.9 Å². The zero-order valence-corrected chi connectivity index (χ0v) is 27.3. The predicted octanol–water partition coefficient (Wildman–Crippen LogP) is 3.81. The highest BCUT2D eigenvalue weighted by molar-refractivity contribution is 5.78. The van der Waals surface area contributed by atoms with Crippen LogP contribution in [0, 0.1) is 0 Å². The van der Waals surface area contributed by atoms with E-state index in [0.29, 0.717) is 25.3 Å². The Kier molecular flexibility index (Phi) is 11.0. The Morgan fingerprint density at radius 2 is 1.24 bits per heavy atom. The zero-order chi connectivity index (χ0) is 30.4. The van der Waals surface area contributed by atoms with Crippen molar-refractivity contribution in [2.24, 2.45) is 0 Å². The number of aliphatic hydroxyl groups excluding tert-OH is 1. The summed E-state index contributed by atoms with van der Waals surface area (Å²) in [7, 11) is 2.35. The van der Waals surface area contributed by atoms with Gasteiger partial charge < -0.3 is 40.8 Å². The number of halogens is 1. The molecule has 5 atom stereocenters. The molecule has 0 amide bonds. The number of hydrogen-bond donors (Lipinski definition) is 1. The van der Waals surface area contributed by atoms with E-state index in [1.54, 1.807) is 0 Å². The van der Waals surface area contributed by atoms with E-state index < -0.39 is 5.92 Å². The van der Waals surface area contributed by atoms with Crippen LogP contribution in [0.3, 0.4) is 0 Å². The van der Waals surface area contributed by atoms with Crippen molar-refractivity contribution >= 4 is 5.97 Å². The van der Waals surface area contributed by atoms with E-state index in [2.05, 4.69) is 43.4 Å². The van der Waals surface area contributed by atoms with Gasteiger partial charge in [0.15, 0.2) is 0 Å². The molecule has 0 radical (unpaired) electrons. The van der Waals surface area contributed by atoms with Crippen LogP contribution in [0.5, 0.6) is 11.5 Å². The average molecular weight is 673 g/mol. The second-order valence-electron chi connectivity index (χ2n) is 12.4. The first-order valence-corrected chi connectivity index (χ1v) is 15.7. The third kappa shape index (κ3) is 7.96. The number of ether oxygens (including phenoxy) is 3. The Balaban J connectivity index is 0.00000400. The third-order valence-corrected chi connectivity index (χ3v) is 9.48. The number of benzene rings is 4. The molecule has 236 valence electrons. The van der Waals surface area contributed by atoms with Crippen LogP contribution in [-0.4, -0.2) is 47.4 Å². The highest BCUT2D eigenvalue weighted by Crippen LogP contribution is 2.44. The largest absolute Gasteiger partial charge is 1.00 e. The lowest BCUT2D eigenvalue weighted by Gasteiger charge is -2.47. The van der Waals surface area contributed by atoms with Gasteiger partial charge in [-0.25, -0.2) is 0 Å². The summed E-state index contributed by atoms with van der Waals surface area (Å²) in [6.45, 7) is 1.58. The summed E-state index contributed by atoms with van der Waals surface area (Å²) in [4.78, 5) is 13.1. The summed E-state index contributed by atoms with van der Waals surface area (Å²) < 4.78 is 19.5. The summed E-state index contributed by atoms with van der Waals surface area (Å²) in [5.74, 6) is 0.619. The summed E-state index contributed by atoms with van der Waals surface area (Å²) in [5, 5.41) is 9.97. The van der Waals surface area contributed by atoms with E-state index in [1.807, 2.05) is 72.8 Å². The molecule has 6 rings (SSSR count). The van der Waals surface area contributed by atoms with E-state index in [0.717, 1.165) is 64.9 Å². The number of piperidine rings is 1. The molecule has 2 saturated heterocycles. The molecule has 4 aromatic rings. The van der Waals surface area contributed by atoms with Gasteiger partial charge in [-0.1, -0.05) is 91.0 Å². The molecule has 0 saturated carbocycles. The highest BCUT2D eigenvalue weighted by Gasteiger charge is 2.52. The molecule has 4 aromatic carbocycles. The second kappa shape index (κ2) is 15.1. The summed E-state index contributed by atoms with van der Waals surface area (Å²) in [5.41, 5.74) is 4.21. The average Bonchev–Trinajstić information content (AvgIpc) is 3.19. The van der Waals surface area contributed by atoms with Crippen molar-refractivity contribution in [1.82, 2.24) is 0 Å². The molecule has 45 heavy (non-hydrogen) atoms. The fraction of sp³-hybridized carbons (Fsp3) is 0.342. The number of aliphatic hydroxyl groups is 1. The third-order valence-electron chi connectivity index (χ3n) is 9.48. The quantitative estimate of drug-likeness (QED) is 0.183. The number of rotatable bonds is 12. The molecule has 2 aliphatic heterocycles. The number of carbonyl (C=O) groups excluding carboxylic acids is 1. The fourth-order valence-corrected chi connectivity index (χ4v) is 7.06. The maximum atomic E-state index is 13.1. The molecule has 2 heterocycles. The smallest absolute Gasteiger partial charge is 0.316 e. The van der Waals surface area contributed by atoms with Gasteiger partial charge >= 0.3 is 5.97 Å². The molecule has 0 aliphatic carbocycles. The molecule has 7 heteroatoms. The standard InChI is InChI=1S/C38H42NO5.BrH/c1-39(32-17-18-33(39)22-36(21-32)44-38(41)37(25-40)31-15-9-4-10-16-31)24-30-19-34(42-26-28-11-5-2-6-12-28)23-35(20-30)43-27-29-13-7-3-8-14-29;/h2-16,19-20,23,32-33,36-37,40H,17-18,21-22,24-27H2,1H3;1H/q+1;/p-1/t32-,33+,36?,37?,39?;. The van der Waals surface area contributed by atoms with Crippen LogP contribution in [0.4, 0.5) is 0 Å². The van der Waals surface area contributed by atoms with Crippen LogP contribution in [0.15, 0.2) is 109 Å². The van der Waals surface area contributed by atoms with Crippen molar-refractivity contribution in [3.05, 3.63) is 131 Å². The monoisotopic (exact) mass is 671 g/mol. The van der Waals surface area contributed by atoms with Gasteiger partial charge in [0.05, 0.1) is 25.7 Å². The Morgan fingerprint density at radius 3 is 1.73 bits per heavy atom. The number of hydrogen-bond acceptors (Lipinski definition) is 5. The van der Waals surface area contributed by atoms with Crippen molar-refractivity contribution in [3.8, 4) is 11.5 Å². The van der Waals surface area contributed by atoms with Gasteiger partial charge in [-0.05, 0) is 28.8 Å². The zero-order valence-electron chi connectivity index (χ0n) is 25.8. The van der Waals surface area contributed by atoms with E-state index in [1.165, 1.54) is 5.56 Å². The van der Waals surface area contributed by atoms with Crippen molar-refractivity contribution in [3.63, 3.8) is 0 Å². The lowest BCUT2D eigenvalue weighted by Crippen LogP contribution is -3.00. The molecule has 6 nitrogen and oxygen atoms in total. The van der Waals surface area contributed by atoms with Crippen LogP contribution >= 0.6 is 0 Å². The fourth-order valence-electron chi connectivity index (χ4n) is 7.06. The number of esters is 1. The van der Waals surface area contributed by atoms with Gasteiger partial charge in [0.1, 0.15) is 43.3 Å². The summed E-state index contributed by atoms with van der Waals surface area (Å²) in [6.07, 6.45) is 3.74. The van der Waals surface area contributed by atoms with E-state index >= 15 is 0 Å². The molecule has 2 bridgehead atoms. The van der Waals surface area contributed by atoms with Crippen LogP contribution < -0.4 is 26.5 Å². The Bertz CT molecular complexity index is 1440. The Labute approximate surface area is 276 Å². The minimum absolute atomic E-state index is 0. The van der Waals surface area contributed by atoms with Crippen molar-refractivity contribution in [1.29, 1.82) is 0 Å². The highest BCUT2D eigenvalue weighted by atomic mass is 79.9. The van der Waals surface area contributed by atoms with E-state index in [4.69, 9.17) is 14.2 Å². The van der Waals surface area contributed by atoms with Gasteiger partial charge in [-0.15, -0.1) is 0 Å². The van der Waals surface area contributed by atoms with Crippen molar-refractivity contribution in [2.75, 3.05) is 13.7 Å². The number of nitrogens with zero attached hydrogens (tertiary/aromatic N) is 1. The topological polar surface area (TPSA) is 65.0 Å². The minimum Gasteiger partial charge on any atom is -1.00 e. The number of fused-ring (bicyclic) bond motifs is 2. The van der Waals surface area contributed by atoms with E-state index in [9.17, 15) is 9.90 Å². The van der Waals surface area contributed by atoms with Crippen molar-refractivity contribution < 1.29 is 45.6 Å². The van der Waals surface area contributed by atoms with Gasteiger partial charge in [0.2, 0.25) is 0 Å². The molecular formula is C38H42BrNO5. The van der Waals surface area contributed by atoms with Gasteiger partial charge in [0, 0.05) is 37.3 Å². The Morgan fingerprint density at radius 1 is 0.756 bits per heavy atom. The molecule has 0 aromatic heterocycles. The molecule has 3 unspecified atom stereocenters. The second-order valence-corrected chi connectivity index (χ2v) is 12.4. The van der Waals surface area contributed by atoms with Crippen LogP contribution in [0.2, 0.25) is 0 Å². The summed E-state index contributed by atoms with van der Waals surface area (Å²) >= 11 is 0. The molecule has 2 fully saturated rings. The SMILES string of the molecule is C[N+]1(Cc2cc(OCc3ccccc3)cc(OCc3ccccc3)c2)[C@@H]2CC[C@H]1CC(OC(=O)C(CO)c1ccccc1)C2.[Br-]. The van der Waals surface area contributed by atoms with Crippen molar-refractivity contribution in [2.45, 2.75) is 69.5 Å². The minimum atomic E-state index is -0.649. The van der Waals surface area contributed by atoms with Crippen LogP contribution in [0.25, 0.3) is 0 Å². The number of quaternary nitrogens is 1. The maximum Gasteiger partial charge on any atom is 0.316 e.